The van der Waals surface area contributed by atoms with Crippen LogP contribution in [0.15, 0.2) is 22.8 Å². The Morgan fingerprint density at radius 2 is 2.46 bits per heavy atom. The number of carbonyl (C=O) groups is 1. The van der Waals surface area contributed by atoms with Crippen molar-refractivity contribution in [1.82, 2.24) is 4.98 Å². The standard InChI is InChI=1S/C8H8BrNO2S/c9-6-1-2-10-7(3-6)4-13-5-8(11)12/h1-3H,4-5H2,(H,11,12). The molecule has 13 heavy (non-hydrogen) atoms. The number of aliphatic carboxylic acids is 1. The first kappa shape index (κ1) is 10.5. The number of pyridine rings is 1. The molecule has 0 atom stereocenters. The first-order valence-corrected chi connectivity index (χ1v) is 5.53. The van der Waals surface area contributed by atoms with E-state index in [0.29, 0.717) is 5.75 Å². The van der Waals surface area contributed by atoms with Crippen molar-refractivity contribution in [3.63, 3.8) is 0 Å². The van der Waals surface area contributed by atoms with E-state index in [0.717, 1.165) is 10.2 Å². The fourth-order valence-electron chi connectivity index (χ4n) is 0.771. The van der Waals surface area contributed by atoms with Crippen LogP contribution in [0.4, 0.5) is 0 Å². The Labute approximate surface area is 88.7 Å². The molecule has 0 saturated carbocycles. The molecule has 0 unspecified atom stereocenters. The van der Waals surface area contributed by atoms with Gasteiger partial charge in [-0.1, -0.05) is 15.9 Å². The second kappa shape index (κ2) is 5.24. The maximum absolute atomic E-state index is 10.2. The van der Waals surface area contributed by atoms with Crippen molar-refractivity contribution < 1.29 is 9.90 Å². The number of rotatable bonds is 4. The Balaban J connectivity index is 2.41. The summed E-state index contributed by atoms with van der Waals surface area (Å²) in [5, 5.41) is 8.40. The number of hydrogen-bond acceptors (Lipinski definition) is 3. The van der Waals surface area contributed by atoms with Gasteiger partial charge in [0.05, 0.1) is 11.4 Å². The smallest absolute Gasteiger partial charge is 0.313 e. The monoisotopic (exact) mass is 261 g/mol. The second-order valence-corrected chi connectivity index (χ2v) is 4.25. The lowest BCUT2D eigenvalue weighted by Gasteiger charge is -1.98. The average Bonchev–Trinajstić information content (AvgIpc) is 2.03. The molecular formula is C8H8BrNO2S. The van der Waals surface area contributed by atoms with E-state index in [1.807, 2.05) is 12.1 Å². The van der Waals surface area contributed by atoms with Gasteiger partial charge in [-0.25, -0.2) is 0 Å². The van der Waals surface area contributed by atoms with Crippen LogP contribution in [-0.4, -0.2) is 21.8 Å². The van der Waals surface area contributed by atoms with Gasteiger partial charge in [-0.3, -0.25) is 9.78 Å². The third-order valence-corrected chi connectivity index (χ3v) is 2.70. The van der Waals surface area contributed by atoms with Crippen LogP contribution >= 0.6 is 27.7 Å². The van der Waals surface area contributed by atoms with E-state index in [-0.39, 0.29) is 5.75 Å². The van der Waals surface area contributed by atoms with Gasteiger partial charge in [-0.2, -0.15) is 0 Å². The van der Waals surface area contributed by atoms with Crippen molar-refractivity contribution in [2.24, 2.45) is 0 Å². The van der Waals surface area contributed by atoms with Crippen LogP contribution in [-0.2, 0) is 10.5 Å². The van der Waals surface area contributed by atoms with Crippen LogP contribution in [0.5, 0.6) is 0 Å². The molecule has 0 saturated heterocycles. The van der Waals surface area contributed by atoms with Crippen LogP contribution in [0.25, 0.3) is 0 Å². The molecule has 0 radical (unpaired) electrons. The van der Waals surface area contributed by atoms with E-state index in [1.54, 1.807) is 6.20 Å². The van der Waals surface area contributed by atoms with Crippen molar-refractivity contribution in [1.29, 1.82) is 0 Å². The molecule has 1 heterocycles. The van der Waals surface area contributed by atoms with E-state index in [2.05, 4.69) is 20.9 Å². The first-order valence-electron chi connectivity index (χ1n) is 3.58. The molecule has 0 aliphatic rings. The number of hydrogen-bond donors (Lipinski definition) is 1. The van der Waals surface area contributed by atoms with Gasteiger partial charge in [0, 0.05) is 16.4 Å². The van der Waals surface area contributed by atoms with Crippen molar-refractivity contribution in [2.45, 2.75) is 5.75 Å². The molecule has 1 rings (SSSR count). The highest BCUT2D eigenvalue weighted by molar-refractivity contribution is 9.10. The van der Waals surface area contributed by atoms with Crippen LogP contribution in [0, 0.1) is 0 Å². The summed E-state index contributed by atoms with van der Waals surface area (Å²) in [4.78, 5) is 14.3. The highest BCUT2D eigenvalue weighted by atomic mass is 79.9. The van der Waals surface area contributed by atoms with Crippen molar-refractivity contribution >= 4 is 33.7 Å². The van der Waals surface area contributed by atoms with Crippen LogP contribution in [0.1, 0.15) is 5.69 Å². The third kappa shape index (κ3) is 4.28. The van der Waals surface area contributed by atoms with Gasteiger partial charge >= 0.3 is 5.97 Å². The molecule has 1 aromatic heterocycles. The molecule has 0 spiro atoms. The lowest BCUT2D eigenvalue weighted by Crippen LogP contribution is -1.98. The molecule has 3 nitrogen and oxygen atoms in total. The summed E-state index contributed by atoms with van der Waals surface area (Å²) in [6, 6.07) is 3.72. The molecule has 0 fully saturated rings. The predicted octanol–water partition coefficient (Wildman–Crippen LogP) is 2.16. The lowest BCUT2D eigenvalue weighted by atomic mass is 10.4. The maximum atomic E-state index is 10.2. The highest BCUT2D eigenvalue weighted by Gasteiger charge is 1.99. The van der Waals surface area contributed by atoms with Crippen molar-refractivity contribution in [2.75, 3.05) is 5.75 Å². The molecule has 1 aromatic rings. The average molecular weight is 262 g/mol. The van der Waals surface area contributed by atoms with Gasteiger partial charge in [0.1, 0.15) is 0 Å². The Kier molecular flexibility index (Phi) is 4.24. The first-order chi connectivity index (χ1) is 6.18. The minimum atomic E-state index is -0.792. The Morgan fingerprint density at radius 3 is 3.08 bits per heavy atom. The zero-order chi connectivity index (χ0) is 9.68. The lowest BCUT2D eigenvalue weighted by molar-refractivity contribution is -0.133. The number of aromatic nitrogens is 1. The molecule has 0 aliphatic carbocycles. The number of carboxylic acid groups (broad SMARTS) is 1. The number of thioether (sulfide) groups is 1. The van der Waals surface area contributed by atoms with Crippen LogP contribution in [0.2, 0.25) is 0 Å². The molecule has 5 heteroatoms. The minimum Gasteiger partial charge on any atom is -0.481 e. The Hall–Kier alpha value is -0.550. The van der Waals surface area contributed by atoms with Crippen molar-refractivity contribution in [3.05, 3.63) is 28.5 Å². The summed E-state index contributed by atoms with van der Waals surface area (Å²) in [5.74, 6) is -0.0417. The minimum absolute atomic E-state index is 0.119. The topological polar surface area (TPSA) is 50.2 Å². The van der Waals surface area contributed by atoms with Gasteiger partial charge in [-0.05, 0) is 12.1 Å². The molecule has 0 aromatic carbocycles. The molecule has 1 N–H and O–H groups in total. The van der Waals surface area contributed by atoms with Gasteiger partial charge in [0.15, 0.2) is 0 Å². The zero-order valence-electron chi connectivity index (χ0n) is 6.74. The van der Waals surface area contributed by atoms with Crippen LogP contribution < -0.4 is 0 Å². The number of carboxylic acids is 1. The summed E-state index contributed by atoms with van der Waals surface area (Å²) in [6.45, 7) is 0. The Bertz CT molecular complexity index is 306. The SMILES string of the molecule is O=C(O)CSCc1cc(Br)ccn1. The van der Waals surface area contributed by atoms with E-state index >= 15 is 0 Å². The van der Waals surface area contributed by atoms with E-state index in [9.17, 15) is 4.79 Å². The quantitative estimate of drug-likeness (QED) is 0.903. The predicted molar refractivity (Wildman–Crippen MR) is 55.7 cm³/mol. The summed E-state index contributed by atoms with van der Waals surface area (Å²) in [6.07, 6.45) is 1.70. The molecule has 0 bridgehead atoms. The van der Waals surface area contributed by atoms with Gasteiger partial charge < -0.3 is 5.11 Å². The maximum Gasteiger partial charge on any atom is 0.313 e. The van der Waals surface area contributed by atoms with Crippen LogP contribution in [0.3, 0.4) is 0 Å². The van der Waals surface area contributed by atoms with Gasteiger partial charge in [0.2, 0.25) is 0 Å². The summed E-state index contributed by atoms with van der Waals surface area (Å²) in [5.41, 5.74) is 0.889. The van der Waals surface area contributed by atoms with Crippen molar-refractivity contribution in [3.8, 4) is 0 Å². The number of nitrogens with zero attached hydrogens (tertiary/aromatic N) is 1. The molecule has 0 amide bonds. The fourth-order valence-corrected chi connectivity index (χ4v) is 1.80. The highest BCUT2D eigenvalue weighted by Crippen LogP contribution is 2.14. The second-order valence-electron chi connectivity index (χ2n) is 2.35. The molecular weight excluding hydrogens is 254 g/mol. The van der Waals surface area contributed by atoms with Gasteiger partial charge in [-0.15, -0.1) is 11.8 Å². The van der Waals surface area contributed by atoms with Gasteiger partial charge in [0.25, 0.3) is 0 Å². The molecule has 0 aliphatic heterocycles. The largest absolute Gasteiger partial charge is 0.481 e. The summed E-state index contributed by atoms with van der Waals surface area (Å²) < 4.78 is 0.966. The molecule has 70 valence electrons. The van der Waals surface area contributed by atoms with E-state index in [4.69, 9.17) is 5.11 Å². The normalized spacial score (nSPS) is 9.92. The zero-order valence-corrected chi connectivity index (χ0v) is 9.14. The summed E-state index contributed by atoms with van der Waals surface area (Å²) >= 11 is 4.66. The Morgan fingerprint density at radius 1 is 1.69 bits per heavy atom. The fraction of sp³-hybridized carbons (Fsp3) is 0.250. The van der Waals surface area contributed by atoms with E-state index < -0.39 is 5.97 Å². The van der Waals surface area contributed by atoms with E-state index in [1.165, 1.54) is 11.8 Å². The third-order valence-electron chi connectivity index (χ3n) is 1.25. The number of halogens is 1. The summed E-state index contributed by atoms with van der Waals surface area (Å²) in [7, 11) is 0.